The van der Waals surface area contributed by atoms with Crippen LogP contribution in [0.25, 0.3) is 0 Å². The Hall–Kier alpha value is -3.34. The fraction of sp³-hybridized carbons (Fsp3) is 0.182. The molecule has 0 saturated heterocycles. The lowest BCUT2D eigenvalue weighted by Gasteiger charge is -2.14. The Bertz CT molecular complexity index is 960. The lowest BCUT2D eigenvalue weighted by Crippen LogP contribution is -2.14. The number of benzene rings is 2. The first kappa shape index (κ1) is 18.5. The summed E-state index contributed by atoms with van der Waals surface area (Å²) in [4.78, 5) is 16.8. The number of carbonyl (C=O) groups excluding carboxylic acids is 1. The monoisotopic (exact) mass is 361 g/mol. The lowest BCUT2D eigenvalue weighted by atomic mass is 10.0. The smallest absolute Gasteiger partial charge is 0.274 e. The minimum Gasteiger partial charge on any atom is -0.497 e. The van der Waals surface area contributed by atoms with Gasteiger partial charge in [-0.2, -0.15) is 0 Å². The van der Waals surface area contributed by atoms with Crippen molar-refractivity contribution >= 4 is 23.0 Å². The summed E-state index contributed by atoms with van der Waals surface area (Å²) in [7, 11) is 1.59. The molecule has 1 aromatic heterocycles. The number of ether oxygens (including phenoxy) is 1. The summed E-state index contributed by atoms with van der Waals surface area (Å²) in [5.41, 5.74) is 6.40. The molecule has 0 spiro atoms. The van der Waals surface area contributed by atoms with Crippen molar-refractivity contribution in [2.45, 2.75) is 20.8 Å². The minimum atomic E-state index is -0.274. The molecule has 0 aliphatic heterocycles. The number of rotatable bonds is 5. The Morgan fingerprint density at radius 1 is 0.963 bits per heavy atom. The van der Waals surface area contributed by atoms with Gasteiger partial charge < -0.3 is 15.4 Å². The Morgan fingerprint density at radius 2 is 1.70 bits per heavy atom. The van der Waals surface area contributed by atoms with Crippen LogP contribution in [-0.2, 0) is 0 Å². The minimum absolute atomic E-state index is 0.274. The highest BCUT2D eigenvalue weighted by atomic mass is 16.5. The van der Waals surface area contributed by atoms with Gasteiger partial charge in [0.05, 0.1) is 7.11 Å². The molecular weight excluding hydrogens is 338 g/mol. The van der Waals surface area contributed by atoms with Gasteiger partial charge in [-0.15, -0.1) is 0 Å². The van der Waals surface area contributed by atoms with Crippen LogP contribution in [0.5, 0.6) is 5.75 Å². The summed E-state index contributed by atoms with van der Waals surface area (Å²) in [6.07, 6.45) is 1.63. The van der Waals surface area contributed by atoms with Gasteiger partial charge in [-0.3, -0.25) is 9.78 Å². The van der Waals surface area contributed by atoms with Gasteiger partial charge in [0.15, 0.2) is 0 Å². The molecule has 2 aromatic carbocycles. The Balaban J connectivity index is 1.80. The third-order valence-electron chi connectivity index (χ3n) is 4.27. The van der Waals surface area contributed by atoms with E-state index in [4.69, 9.17) is 4.74 Å². The van der Waals surface area contributed by atoms with Crippen LogP contribution in [0.15, 0.2) is 54.7 Å². The SMILES string of the molecule is COc1cccc(NC(=O)c2cc(Nc3c(C)cc(C)cc3C)ccn2)c1. The van der Waals surface area contributed by atoms with E-state index in [1.54, 1.807) is 25.4 Å². The van der Waals surface area contributed by atoms with Crippen LogP contribution < -0.4 is 15.4 Å². The predicted octanol–water partition coefficient (Wildman–Crippen LogP) is 5.01. The number of hydrogen-bond donors (Lipinski definition) is 2. The van der Waals surface area contributed by atoms with E-state index < -0.39 is 0 Å². The third kappa shape index (κ3) is 4.44. The Kier molecular flexibility index (Phi) is 5.41. The van der Waals surface area contributed by atoms with Crippen LogP contribution in [0.4, 0.5) is 17.1 Å². The van der Waals surface area contributed by atoms with Crippen LogP contribution in [0, 0.1) is 20.8 Å². The fourth-order valence-electron chi connectivity index (χ4n) is 3.05. The molecule has 0 bridgehead atoms. The van der Waals surface area contributed by atoms with Gasteiger partial charge in [0.1, 0.15) is 11.4 Å². The van der Waals surface area contributed by atoms with Gasteiger partial charge in [0, 0.05) is 29.3 Å². The summed E-state index contributed by atoms with van der Waals surface area (Å²) >= 11 is 0. The van der Waals surface area contributed by atoms with Crippen molar-refractivity contribution in [3.05, 3.63) is 77.1 Å². The molecule has 138 valence electrons. The highest BCUT2D eigenvalue weighted by Crippen LogP contribution is 2.26. The van der Waals surface area contributed by atoms with Crippen molar-refractivity contribution in [2.24, 2.45) is 0 Å². The molecule has 0 aliphatic rings. The summed E-state index contributed by atoms with van der Waals surface area (Å²) in [5, 5.41) is 6.25. The van der Waals surface area contributed by atoms with E-state index in [2.05, 4.69) is 48.5 Å². The molecule has 3 rings (SSSR count). The van der Waals surface area contributed by atoms with Crippen molar-refractivity contribution in [2.75, 3.05) is 17.7 Å². The number of hydrogen-bond acceptors (Lipinski definition) is 4. The van der Waals surface area contributed by atoms with Crippen LogP contribution >= 0.6 is 0 Å². The van der Waals surface area contributed by atoms with Crippen LogP contribution in [0.2, 0.25) is 0 Å². The summed E-state index contributed by atoms with van der Waals surface area (Å²) in [5.74, 6) is 0.408. The number of methoxy groups -OCH3 is 1. The molecule has 3 aromatic rings. The molecule has 0 saturated carbocycles. The maximum absolute atomic E-state index is 12.6. The summed E-state index contributed by atoms with van der Waals surface area (Å²) < 4.78 is 5.18. The second-order valence-electron chi connectivity index (χ2n) is 6.51. The number of anilines is 3. The summed E-state index contributed by atoms with van der Waals surface area (Å²) in [6, 6.07) is 15.1. The highest BCUT2D eigenvalue weighted by molar-refractivity contribution is 6.03. The van der Waals surface area contributed by atoms with Gasteiger partial charge >= 0.3 is 0 Å². The molecular formula is C22H23N3O2. The molecule has 0 aliphatic carbocycles. The number of aromatic nitrogens is 1. The maximum atomic E-state index is 12.6. The van der Waals surface area contributed by atoms with Crippen molar-refractivity contribution in [3.8, 4) is 5.75 Å². The van der Waals surface area contributed by atoms with E-state index in [-0.39, 0.29) is 5.91 Å². The standard InChI is InChI=1S/C22H23N3O2/c1-14-10-15(2)21(16(3)11-14)24-18-8-9-23-20(13-18)22(26)25-17-6-5-7-19(12-17)27-4/h5-13H,1-4H3,(H,23,24)(H,25,26). The zero-order chi connectivity index (χ0) is 19.4. The average molecular weight is 361 g/mol. The van der Waals surface area contributed by atoms with Gasteiger partial charge in [-0.1, -0.05) is 23.8 Å². The molecule has 5 nitrogen and oxygen atoms in total. The van der Waals surface area contributed by atoms with Gasteiger partial charge in [0.25, 0.3) is 5.91 Å². The van der Waals surface area contributed by atoms with Gasteiger partial charge in [-0.25, -0.2) is 0 Å². The summed E-state index contributed by atoms with van der Waals surface area (Å²) in [6.45, 7) is 6.22. The molecule has 0 fully saturated rings. The molecule has 27 heavy (non-hydrogen) atoms. The van der Waals surface area contributed by atoms with E-state index in [1.807, 2.05) is 24.3 Å². The molecule has 5 heteroatoms. The molecule has 0 unspecified atom stereocenters. The number of aryl methyl sites for hydroxylation is 3. The number of nitrogens with zero attached hydrogens (tertiary/aromatic N) is 1. The van der Waals surface area contributed by atoms with E-state index in [0.717, 1.165) is 22.5 Å². The van der Waals surface area contributed by atoms with E-state index in [0.29, 0.717) is 17.1 Å². The number of amides is 1. The van der Waals surface area contributed by atoms with Gasteiger partial charge in [-0.05, 0) is 56.2 Å². The lowest BCUT2D eigenvalue weighted by molar-refractivity contribution is 0.102. The normalized spacial score (nSPS) is 10.4. The zero-order valence-electron chi connectivity index (χ0n) is 16.0. The van der Waals surface area contributed by atoms with Crippen molar-refractivity contribution in [1.82, 2.24) is 4.98 Å². The van der Waals surface area contributed by atoms with Gasteiger partial charge in [0.2, 0.25) is 0 Å². The zero-order valence-corrected chi connectivity index (χ0v) is 16.0. The van der Waals surface area contributed by atoms with Crippen molar-refractivity contribution < 1.29 is 9.53 Å². The first-order valence-electron chi connectivity index (χ1n) is 8.72. The predicted molar refractivity (Wildman–Crippen MR) is 109 cm³/mol. The molecule has 2 N–H and O–H groups in total. The first-order chi connectivity index (χ1) is 13.0. The Labute approximate surface area is 159 Å². The maximum Gasteiger partial charge on any atom is 0.274 e. The second-order valence-corrected chi connectivity index (χ2v) is 6.51. The number of carbonyl (C=O) groups is 1. The highest BCUT2D eigenvalue weighted by Gasteiger charge is 2.10. The van der Waals surface area contributed by atoms with Crippen LogP contribution in [-0.4, -0.2) is 18.0 Å². The molecule has 1 heterocycles. The average Bonchev–Trinajstić information content (AvgIpc) is 2.65. The van der Waals surface area contributed by atoms with Crippen molar-refractivity contribution in [1.29, 1.82) is 0 Å². The third-order valence-corrected chi connectivity index (χ3v) is 4.27. The first-order valence-corrected chi connectivity index (χ1v) is 8.72. The van der Waals surface area contributed by atoms with Crippen LogP contribution in [0.1, 0.15) is 27.2 Å². The number of pyridine rings is 1. The van der Waals surface area contributed by atoms with E-state index in [1.165, 1.54) is 5.56 Å². The van der Waals surface area contributed by atoms with Crippen LogP contribution in [0.3, 0.4) is 0 Å². The molecule has 1 amide bonds. The quantitative estimate of drug-likeness (QED) is 0.670. The van der Waals surface area contributed by atoms with Crippen molar-refractivity contribution in [3.63, 3.8) is 0 Å². The largest absolute Gasteiger partial charge is 0.497 e. The molecule has 0 atom stereocenters. The topological polar surface area (TPSA) is 63.2 Å². The number of nitrogens with one attached hydrogen (secondary N) is 2. The van der Waals surface area contributed by atoms with E-state index >= 15 is 0 Å². The molecule has 0 radical (unpaired) electrons. The Morgan fingerprint density at radius 3 is 2.41 bits per heavy atom. The van der Waals surface area contributed by atoms with E-state index in [9.17, 15) is 4.79 Å². The fourth-order valence-corrected chi connectivity index (χ4v) is 3.05. The second kappa shape index (κ2) is 7.91.